The number of carboxylic acid groups (broad SMARTS) is 2. The van der Waals surface area contributed by atoms with Gasteiger partial charge in [0.1, 0.15) is 13.2 Å². The molecule has 9 atom stereocenters. The second kappa shape index (κ2) is 20.8. The molecule has 0 aromatic rings. The van der Waals surface area contributed by atoms with Crippen molar-refractivity contribution in [3.8, 4) is 0 Å². The van der Waals surface area contributed by atoms with Gasteiger partial charge in [0.25, 0.3) is 0 Å². The molecule has 0 saturated heterocycles. The first-order valence-corrected chi connectivity index (χ1v) is 18.0. The van der Waals surface area contributed by atoms with E-state index in [1.54, 1.807) is 0 Å². The predicted octanol–water partition coefficient (Wildman–Crippen LogP) is -0.179. The predicted molar refractivity (Wildman–Crippen MR) is 188 cm³/mol. The molecule has 2 fully saturated rings. The van der Waals surface area contributed by atoms with Crippen molar-refractivity contribution in [3.63, 3.8) is 0 Å². The fraction of sp³-hybridized carbons (Fsp3) is 0.788. The molecule has 0 spiro atoms. The summed E-state index contributed by atoms with van der Waals surface area (Å²) in [6, 6.07) is -1.47. The number of carbonyl (C=O) groups is 6. The smallest absolute Gasteiger partial charge is 0.355 e. The van der Waals surface area contributed by atoms with Crippen LogP contribution in [0.3, 0.4) is 0 Å². The standard InChI is InChI=1S/C33H58BN7O10/c1-7-18(8-2)27(37-16(5)42)20-11-12-21(31(46)47)29(20)50-14-24(44)40-34-41-25(45)15-51-30-22(32(48)49)13-23(39-33(35)36)26(30)28(38-17(6)43)19(9-3)10-4/h18-23,26-30,34H,7-15H2,1-6H3,(H,37,42)(H,38,43)(H,40,44)(H,41,45)(H,46,47)(H,48,49)(H4,35,36,39)/t20-,21+,22+,23-,26-,27-,28-,29+,30-/m1/s1. The molecule has 18 heteroatoms. The molecule has 0 aromatic heterocycles. The third-order valence-corrected chi connectivity index (χ3v) is 10.5. The van der Waals surface area contributed by atoms with Gasteiger partial charge in [-0.1, -0.05) is 53.4 Å². The van der Waals surface area contributed by atoms with E-state index < -0.39 is 79.0 Å². The van der Waals surface area contributed by atoms with Gasteiger partial charge < -0.3 is 51.8 Å². The molecule has 10 N–H and O–H groups in total. The minimum atomic E-state index is -1.16. The van der Waals surface area contributed by atoms with Gasteiger partial charge in [0, 0.05) is 43.8 Å². The zero-order valence-corrected chi connectivity index (χ0v) is 30.7. The number of carboxylic acids is 2. The Hall–Kier alpha value is -3.93. The lowest BCUT2D eigenvalue weighted by Gasteiger charge is -2.38. The van der Waals surface area contributed by atoms with Crippen LogP contribution in [0.15, 0.2) is 0 Å². The monoisotopic (exact) mass is 723 g/mol. The number of amides is 4. The lowest BCUT2D eigenvalue weighted by atomic mass is 9.80. The van der Waals surface area contributed by atoms with Crippen molar-refractivity contribution in [2.45, 2.75) is 117 Å². The van der Waals surface area contributed by atoms with Gasteiger partial charge in [-0.25, -0.2) is 0 Å². The third kappa shape index (κ3) is 12.4. The number of ether oxygens (including phenoxy) is 2. The third-order valence-electron chi connectivity index (χ3n) is 10.5. The minimum absolute atomic E-state index is 0.0475. The van der Waals surface area contributed by atoms with Crippen LogP contribution in [0.2, 0.25) is 0 Å². The highest BCUT2D eigenvalue weighted by atomic mass is 16.5. The van der Waals surface area contributed by atoms with Crippen LogP contribution in [0.5, 0.6) is 0 Å². The van der Waals surface area contributed by atoms with Crippen LogP contribution in [0.25, 0.3) is 0 Å². The Morgan fingerprint density at radius 2 is 1.24 bits per heavy atom. The Morgan fingerprint density at radius 1 is 0.765 bits per heavy atom. The number of hydrogen-bond donors (Lipinski definition) is 9. The molecule has 0 aromatic carbocycles. The lowest BCUT2D eigenvalue weighted by molar-refractivity contribution is -0.150. The van der Waals surface area contributed by atoms with Crippen molar-refractivity contribution in [2.24, 2.45) is 41.2 Å². The maximum atomic E-state index is 12.8. The molecular formula is C33H58BN7O10. The van der Waals surface area contributed by atoms with E-state index in [4.69, 9.17) is 20.6 Å². The number of carbonyl (C=O) groups excluding carboxylic acids is 4. The summed E-state index contributed by atoms with van der Waals surface area (Å²) in [5.74, 6) is -7.17. The summed E-state index contributed by atoms with van der Waals surface area (Å²) in [5, 5.41) is 41.5. The average Bonchev–Trinajstić information content (AvgIpc) is 3.63. The van der Waals surface area contributed by atoms with Gasteiger partial charge in [0.05, 0.1) is 24.0 Å². The van der Waals surface area contributed by atoms with E-state index >= 15 is 0 Å². The van der Waals surface area contributed by atoms with Crippen molar-refractivity contribution < 1.29 is 48.5 Å². The first-order valence-electron chi connectivity index (χ1n) is 18.0. The maximum Gasteiger partial charge on any atom is 0.355 e. The summed E-state index contributed by atoms with van der Waals surface area (Å²) in [7, 11) is -0.309. The van der Waals surface area contributed by atoms with E-state index in [0.29, 0.717) is 25.7 Å². The SMILES string of the molecule is CCC(CC)[C@@H](NC(C)=O)[C@H]1CC[C@H](C(=O)O)[C@H]1OCC(=O)NBNC(=O)CO[C@H]1[C@@H]([C@H](NC(C)=O)C(CC)CC)[C@H](NC(=N)N)C[C@@H]1C(=O)O. The second-order valence-electron chi connectivity index (χ2n) is 13.6. The van der Waals surface area contributed by atoms with E-state index in [1.165, 1.54) is 13.8 Å². The summed E-state index contributed by atoms with van der Waals surface area (Å²) in [6.07, 6.45) is 1.97. The number of hydrogen-bond acceptors (Lipinski definition) is 9. The van der Waals surface area contributed by atoms with Crippen LogP contribution in [0.4, 0.5) is 0 Å². The summed E-state index contributed by atoms with van der Waals surface area (Å²) in [5.41, 5.74) is 5.63. The van der Waals surface area contributed by atoms with Crippen LogP contribution in [-0.2, 0) is 38.2 Å². The molecule has 17 nitrogen and oxygen atoms in total. The molecule has 0 heterocycles. The quantitative estimate of drug-likeness (QED) is 0.0424. The van der Waals surface area contributed by atoms with E-state index in [1.807, 2.05) is 27.7 Å². The molecule has 0 unspecified atom stereocenters. The molecule has 2 aliphatic rings. The Morgan fingerprint density at radius 3 is 1.69 bits per heavy atom. The van der Waals surface area contributed by atoms with Crippen LogP contribution < -0.4 is 32.1 Å². The van der Waals surface area contributed by atoms with E-state index in [0.717, 1.165) is 12.8 Å². The highest BCUT2D eigenvalue weighted by Gasteiger charge is 2.52. The molecule has 51 heavy (non-hydrogen) atoms. The van der Waals surface area contributed by atoms with Gasteiger partial charge in [-0.2, -0.15) is 0 Å². The molecule has 2 rings (SSSR count). The van der Waals surface area contributed by atoms with Crippen molar-refractivity contribution >= 4 is 49.1 Å². The summed E-state index contributed by atoms with van der Waals surface area (Å²) in [4.78, 5) is 74.2. The Balaban J connectivity index is 2.07. The summed E-state index contributed by atoms with van der Waals surface area (Å²) < 4.78 is 11.9. The topological polar surface area (TPSA) is 271 Å². The van der Waals surface area contributed by atoms with Crippen LogP contribution >= 0.6 is 0 Å². The van der Waals surface area contributed by atoms with Gasteiger partial charge in [0.2, 0.25) is 23.6 Å². The highest BCUT2D eigenvalue weighted by molar-refractivity contribution is 6.38. The van der Waals surface area contributed by atoms with E-state index in [2.05, 4.69) is 26.4 Å². The molecule has 288 valence electrons. The minimum Gasteiger partial charge on any atom is -0.481 e. The Labute approximate surface area is 300 Å². The fourth-order valence-electron chi connectivity index (χ4n) is 8.08. The van der Waals surface area contributed by atoms with Gasteiger partial charge in [-0.15, -0.1) is 0 Å². The van der Waals surface area contributed by atoms with Crippen molar-refractivity contribution in [1.29, 1.82) is 5.41 Å². The summed E-state index contributed by atoms with van der Waals surface area (Å²) >= 11 is 0. The highest BCUT2D eigenvalue weighted by Crippen LogP contribution is 2.41. The zero-order valence-electron chi connectivity index (χ0n) is 30.7. The number of nitrogens with one attached hydrogen (secondary N) is 6. The number of aliphatic carboxylic acids is 2. The van der Waals surface area contributed by atoms with Gasteiger partial charge >= 0.3 is 19.5 Å². The second-order valence-corrected chi connectivity index (χ2v) is 13.6. The normalized spacial score (nSPS) is 25.5. The number of guanidine groups is 1. The van der Waals surface area contributed by atoms with E-state index in [-0.39, 0.29) is 55.5 Å². The lowest BCUT2D eigenvalue weighted by Crippen LogP contribution is -2.55. The molecule has 2 aliphatic carbocycles. The number of rotatable bonds is 21. The Kier molecular flexibility index (Phi) is 17.6. The van der Waals surface area contributed by atoms with E-state index in [9.17, 15) is 39.0 Å². The molecule has 0 bridgehead atoms. The molecule has 0 aliphatic heterocycles. The van der Waals surface area contributed by atoms with Crippen LogP contribution in [0.1, 0.15) is 86.5 Å². The molecule has 0 radical (unpaired) electrons. The molecule has 4 amide bonds. The zero-order chi connectivity index (χ0) is 38.4. The maximum absolute atomic E-state index is 12.8. The first kappa shape index (κ1) is 43.2. The summed E-state index contributed by atoms with van der Waals surface area (Å²) in [6.45, 7) is 9.68. The van der Waals surface area contributed by atoms with Gasteiger partial charge in [-0.3, -0.25) is 34.2 Å². The van der Waals surface area contributed by atoms with Crippen molar-refractivity contribution in [2.75, 3.05) is 13.2 Å². The molecule has 2 saturated carbocycles. The fourth-order valence-corrected chi connectivity index (χ4v) is 8.08. The van der Waals surface area contributed by atoms with Crippen molar-refractivity contribution in [1.82, 2.24) is 26.4 Å². The Bertz CT molecular complexity index is 1230. The van der Waals surface area contributed by atoms with Crippen LogP contribution in [0, 0.1) is 40.9 Å². The van der Waals surface area contributed by atoms with Crippen molar-refractivity contribution in [3.05, 3.63) is 0 Å². The largest absolute Gasteiger partial charge is 0.481 e. The first-order chi connectivity index (χ1) is 24.1. The molecular weight excluding hydrogens is 665 g/mol. The number of nitrogens with two attached hydrogens (primary N) is 1. The average molecular weight is 724 g/mol. The van der Waals surface area contributed by atoms with Gasteiger partial charge in [0.15, 0.2) is 5.96 Å². The van der Waals surface area contributed by atoms with Crippen LogP contribution in [-0.4, -0.2) is 103 Å². The van der Waals surface area contributed by atoms with Gasteiger partial charge in [-0.05, 0) is 31.1 Å².